The Kier molecular flexibility index (Phi) is 6.98. The normalized spacial score (nSPS) is 22.1. The third-order valence-corrected chi connectivity index (χ3v) is 4.96. The Morgan fingerprint density at radius 2 is 1.62 bits per heavy atom. The molecule has 0 spiro atoms. The van der Waals surface area contributed by atoms with Crippen molar-refractivity contribution >= 4 is 33.3 Å². The Bertz CT molecular complexity index is 634. The molecular weight excluding hydrogens is 368 g/mol. The molecule has 24 heavy (non-hydrogen) atoms. The average Bonchev–Trinajstić information content (AvgIpc) is 2.61. The number of carbonyl (C=O) groups is 2. The fourth-order valence-electron chi connectivity index (χ4n) is 3.11. The Balaban J connectivity index is 2.00. The van der Waals surface area contributed by atoms with Gasteiger partial charge in [-0.05, 0) is 54.3 Å². The molecule has 3 nitrogen and oxygen atoms in total. The summed E-state index contributed by atoms with van der Waals surface area (Å²) in [6, 6.07) is 9.98. The minimum atomic E-state index is -0.152. The molecule has 1 aromatic carbocycles. The molecule has 0 amide bonds. The molecule has 2 rings (SSSR count). The van der Waals surface area contributed by atoms with Crippen LogP contribution in [-0.2, 0) is 14.3 Å². The number of carbonyl (C=O) groups excluding carboxylic acids is 2. The minimum Gasteiger partial charge on any atom is -0.469 e. The molecule has 128 valence electrons. The third kappa shape index (κ3) is 4.91. The monoisotopic (exact) mass is 390 g/mol. The fraction of sp³-hybridized carbons (Fsp3) is 0.400. The summed E-state index contributed by atoms with van der Waals surface area (Å²) in [5, 5.41) is 0. The van der Waals surface area contributed by atoms with Crippen LogP contribution in [0.2, 0.25) is 0 Å². The Morgan fingerprint density at radius 3 is 2.17 bits per heavy atom. The number of esters is 1. The Morgan fingerprint density at radius 1 is 1.04 bits per heavy atom. The number of rotatable bonds is 5. The van der Waals surface area contributed by atoms with Gasteiger partial charge in [-0.2, -0.15) is 0 Å². The second kappa shape index (κ2) is 8.97. The van der Waals surface area contributed by atoms with Gasteiger partial charge in [-0.1, -0.05) is 52.3 Å². The van der Waals surface area contributed by atoms with Crippen LogP contribution in [-0.4, -0.2) is 18.9 Å². The van der Waals surface area contributed by atoms with E-state index >= 15 is 0 Å². The smallest absolute Gasteiger partial charge is 0.308 e. The second-order valence-electron chi connectivity index (χ2n) is 6.12. The van der Waals surface area contributed by atoms with Crippen molar-refractivity contribution in [1.29, 1.82) is 0 Å². The first-order chi connectivity index (χ1) is 11.5. The van der Waals surface area contributed by atoms with Crippen LogP contribution in [0.15, 0.2) is 47.0 Å². The van der Waals surface area contributed by atoms with E-state index in [4.69, 9.17) is 4.74 Å². The van der Waals surface area contributed by atoms with Gasteiger partial charge in [-0.3, -0.25) is 9.59 Å². The Labute approximate surface area is 151 Å². The van der Waals surface area contributed by atoms with Crippen molar-refractivity contribution in [2.75, 3.05) is 7.11 Å². The van der Waals surface area contributed by atoms with Gasteiger partial charge in [-0.15, -0.1) is 0 Å². The molecule has 1 fully saturated rings. The number of ether oxygens (including phenoxy) is 1. The predicted octanol–water partition coefficient (Wildman–Crippen LogP) is 4.92. The predicted molar refractivity (Wildman–Crippen MR) is 99.6 cm³/mol. The van der Waals surface area contributed by atoms with Crippen LogP contribution < -0.4 is 0 Å². The van der Waals surface area contributed by atoms with E-state index < -0.39 is 0 Å². The van der Waals surface area contributed by atoms with Crippen LogP contribution in [0.4, 0.5) is 0 Å². The van der Waals surface area contributed by atoms with Gasteiger partial charge in [0.1, 0.15) is 0 Å². The molecule has 0 heterocycles. The molecular formula is C20H23BrO3. The molecule has 1 aromatic rings. The SMILES string of the molecule is COC(=O)C1CCC(C(=O)C=CC(=C(C)Br)c2ccccc2)CC1. The van der Waals surface area contributed by atoms with Gasteiger partial charge in [0.15, 0.2) is 5.78 Å². The highest BCUT2D eigenvalue weighted by molar-refractivity contribution is 9.11. The summed E-state index contributed by atoms with van der Waals surface area (Å²) in [7, 11) is 1.42. The van der Waals surface area contributed by atoms with Crippen LogP contribution in [0.1, 0.15) is 38.2 Å². The van der Waals surface area contributed by atoms with Crippen molar-refractivity contribution < 1.29 is 14.3 Å². The quantitative estimate of drug-likeness (QED) is 0.407. The van der Waals surface area contributed by atoms with Gasteiger partial charge in [-0.25, -0.2) is 0 Å². The van der Waals surface area contributed by atoms with Gasteiger partial charge in [0.2, 0.25) is 0 Å². The molecule has 1 aliphatic rings. The van der Waals surface area contributed by atoms with E-state index in [1.54, 1.807) is 6.08 Å². The maximum Gasteiger partial charge on any atom is 0.308 e. The van der Waals surface area contributed by atoms with E-state index in [9.17, 15) is 9.59 Å². The van der Waals surface area contributed by atoms with Crippen LogP contribution in [0.3, 0.4) is 0 Å². The van der Waals surface area contributed by atoms with Crippen LogP contribution in [0, 0.1) is 11.8 Å². The van der Waals surface area contributed by atoms with Crippen LogP contribution in [0.5, 0.6) is 0 Å². The first-order valence-corrected chi connectivity index (χ1v) is 9.03. The van der Waals surface area contributed by atoms with E-state index in [0.29, 0.717) is 0 Å². The zero-order valence-electron chi connectivity index (χ0n) is 14.1. The Hall–Kier alpha value is -1.68. The molecule has 0 bridgehead atoms. The van der Waals surface area contributed by atoms with Crippen molar-refractivity contribution in [3.63, 3.8) is 0 Å². The molecule has 0 radical (unpaired) electrons. The van der Waals surface area contributed by atoms with Crippen LogP contribution in [0.25, 0.3) is 5.57 Å². The number of hydrogen-bond acceptors (Lipinski definition) is 3. The fourth-order valence-corrected chi connectivity index (χ4v) is 3.47. The number of hydrogen-bond donors (Lipinski definition) is 0. The molecule has 0 N–H and O–H groups in total. The third-order valence-electron chi connectivity index (χ3n) is 4.53. The lowest BCUT2D eigenvalue weighted by Gasteiger charge is -2.25. The summed E-state index contributed by atoms with van der Waals surface area (Å²) < 4.78 is 5.78. The first-order valence-electron chi connectivity index (χ1n) is 8.24. The second-order valence-corrected chi connectivity index (χ2v) is 7.31. The van der Waals surface area contributed by atoms with Crippen molar-refractivity contribution in [2.45, 2.75) is 32.6 Å². The summed E-state index contributed by atoms with van der Waals surface area (Å²) in [6.07, 6.45) is 6.52. The standard InChI is InChI=1S/C20H23BrO3/c1-14(21)18(15-6-4-3-5-7-15)12-13-19(22)16-8-10-17(11-9-16)20(23)24-2/h3-7,12-13,16-17H,8-11H2,1-2H3. The summed E-state index contributed by atoms with van der Waals surface area (Å²) in [6.45, 7) is 1.97. The van der Waals surface area contributed by atoms with E-state index in [0.717, 1.165) is 41.3 Å². The van der Waals surface area contributed by atoms with Crippen molar-refractivity contribution in [1.82, 2.24) is 0 Å². The topological polar surface area (TPSA) is 43.4 Å². The maximum atomic E-state index is 12.5. The van der Waals surface area contributed by atoms with Crippen molar-refractivity contribution in [3.05, 3.63) is 52.5 Å². The van der Waals surface area contributed by atoms with Gasteiger partial charge in [0, 0.05) is 5.92 Å². The number of methoxy groups -OCH3 is 1. The summed E-state index contributed by atoms with van der Waals surface area (Å²) in [4.78, 5) is 24.0. The molecule has 0 atom stereocenters. The van der Waals surface area contributed by atoms with Gasteiger partial charge in [0.05, 0.1) is 13.0 Å². The molecule has 1 saturated carbocycles. The van der Waals surface area contributed by atoms with E-state index in [-0.39, 0.29) is 23.6 Å². The highest BCUT2D eigenvalue weighted by atomic mass is 79.9. The molecule has 4 heteroatoms. The van der Waals surface area contributed by atoms with Gasteiger partial charge < -0.3 is 4.74 Å². The summed E-state index contributed by atoms with van der Waals surface area (Å²) in [5.41, 5.74) is 2.08. The van der Waals surface area contributed by atoms with E-state index in [1.807, 2.05) is 43.3 Å². The minimum absolute atomic E-state index is 0.00908. The van der Waals surface area contributed by atoms with Gasteiger partial charge in [0.25, 0.3) is 0 Å². The largest absolute Gasteiger partial charge is 0.469 e. The molecule has 0 unspecified atom stereocenters. The highest BCUT2D eigenvalue weighted by Gasteiger charge is 2.29. The average molecular weight is 391 g/mol. The lowest BCUT2D eigenvalue weighted by Crippen LogP contribution is -2.26. The first kappa shape index (κ1) is 18.7. The lowest BCUT2D eigenvalue weighted by atomic mass is 9.80. The van der Waals surface area contributed by atoms with Crippen molar-refractivity contribution in [2.24, 2.45) is 11.8 Å². The van der Waals surface area contributed by atoms with E-state index in [1.165, 1.54) is 7.11 Å². The van der Waals surface area contributed by atoms with Gasteiger partial charge >= 0.3 is 5.97 Å². The zero-order valence-corrected chi connectivity index (χ0v) is 15.7. The van der Waals surface area contributed by atoms with E-state index in [2.05, 4.69) is 15.9 Å². The zero-order chi connectivity index (χ0) is 17.5. The number of halogens is 1. The van der Waals surface area contributed by atoms with Crippen molar-refractivity contribution in [3.8, 4) is 0 Å². The van der Waals surface area contributed by atoms with Crippen LogP contribution >= 0.6 is 15.9 Å². The number of ketones is 1. The molecule has 0 aliphatic heterocycles. The summed E-state index contributed by atoms with van der Waals surface area (Å²) in [5.74, 6) is -0.0523. The summed E-state index contributed by atoms with van der Waals surface area (Å²) >= 11 is 3.52. The number of allylic oxidation sites excluding steroid dienone is 4. The lowest BCUT2D eigenvalue weighted by molar-refractivity contribution is -0.147. The highest BCUT2D eigenvalue weighted by Crippen LogP contribution is 2.31. The maximum absolute atomic E-state index is 12.5. The molecule has 1 aliphatic carbocycles. The number of benzene rings is 1. The molecule has 0 saturated heterocycles. The molecule has 0 aromatic heterocycles.